The summed E-state index contributed by atoms with van der Waals surface area (Å²) in [6.45, 7) is 1.81. The standard InChI is InChI=1S/C21H17N3O2/c1-12-22-19-10-14(8-9-20(19)26-12)23-21(25)16-11-18(13-6-7-13)24-17-5-3-2-4-15(16)17/h2-5,8-11,13H,6-7H2,1H3,(H,23,25). The summed E-state index contributed by atoms with van der Waals surface area (Å²) in [7, 11) is 0. The number of nitrogens with zero attached hydrogens (tertiary/aromatic N) is 2. The van der Waals surface area contributed by atoms with Gasteiger partial charge in [-0.05, 0) is 43.2 Å². The lowest BCUT2D eigenvalue weighted by Crippen LogP contribution is -2.13. The molecular weight excluding hydrogens is 326 g/mol. The number of benzene rings is 2. The zero-order valence-electron chi connectivity index (χ0n) is 14.3. The zero-order chi connectivity index (χ0) is 17.7. The minimum Gasteiger partial charge on any atom is -0.441 e. The smallest absolute Gasteiger partial charge is 0.256 e. The Bertz CT molecular complexity index is 1160. The van der Waals surface area contributed by atoms with Crippen LogP contribution in [0.4, 0.5) is 5.69 Å². The number of nitrogens with one attached hydrogen (secondary N) is 1. The molecule has 128 valence electrons. The van der Waals surface area contributed by atoms with Crippen LogP contribution in [0.25, 0.3) is 22.0 Å². The predicted octanol–water partition coefficient (Wildman–Crippen LogP) is 4.81. The second kappa shape index (κ2) is 5.66. The lowest BCUT2D eigenvalue weighted by Gasteiger charge is -2.10. The Morgan fingerprint density at radius 1 is 1.08 bits per heavy atom. The Kier molecular flexibility index (Phi) is 3.28. The van der Waals surface area contributed by atoms with Crippen molar-refractivity contribution in [3.63, 3.8) is 0 Å². The first-order valence-corrected chi connectivity index (χ1v) is 8.75. The van der Waals surface area contributed by atoms with Crippen molar-refractivity contribution in [1.82, 2.24) is 9.97 Å². The van der Waals surface area contributed by atoms with Crippen LogP contribution < -0.4 is 5.32 Å². The van der Waals surface area contributed by atoms with Gasteiger partial charge in [0.2, 0.25) is 0 Å². The molecule has 0 spiro atoms. The van der Waals surface area contributed by atoms with Crippen LogP contribution in [0.1, 0.15) is 40.7 Å². The number of carbonyl (C=O) groups excluding carboxylic acids is 1. The number of amides is 1. The number of pyridine rings is 1. The lowest BCUT2D eigenvalue weighted by molar-refractivity contribution is 0.102. The predicted molar refractivity (Wildman–Crippen MR) is 100 cm³/mol. The Morgan fingerprint density at radius 3 is 2.77 bits per heavy atom. The number of oxazole rings is 1. The lowest BCUT2D eigenvalue weighted by atomic mass is 10.1. The van der Waals surface area contributed by atoms with Gasteiger partial charge < -0.3 is 9.73 Å². The van der Waals surface area contributed by atoms with E-state index in [0.717, 1.165) is 35.0 Å². The van der Waals surface area contributed by atoms with Gasteiger partial charge in [-0.1, -0.05) is 18.2 Å². The Balaban J connectivity index is 1.54. The normalized spacial score (nSPS) is 14.0. The SMILES string of the molecule is Cc1nc2cc(NC(=O)c3cc(C4CC4)nc4ccccc34)ccc2o1. The van der Waals surface area contributed by atoms with E-state index < -0.39 is 0 Å². The maximum absolute atomic E-state index is 13.0. The van der Waals surface area contributed by atoms with Gasteiger partial charge in [0.05, 0.1) is 11.1 Å². The van der Waals surface area contributed by atoms with Crippen molar-refractivity contribution in [2.75, 3.05) is 5.32 Å². The second-order valence-electron chi connectivity index (χ2n) is 6.76. The molecule has 0 saturated heterocycles. The Morgan fingerprint density at radius 2 is 1.92 bits per heavy atom. The average molecular weight is 343 g/mol. The fourth-order valence-electron chi connectivity index (χ4n) is 3.29. The summed E-state index contributed by atoms with van der Waals surface area (Å²) in [6.07, 6.45) is 2.29. The van der Waals surface area contributed by atoms with E-state index in [4.69, 9.17) is 9.40 Å². The van der Waals surface area contributed by atoms with Crippen LogP contribution in [0.15, 0.2) is 52.9 Å². The molecular formula is C21H17N3O2. The number of para-hydroxylation sites is 1. The molecule has 1 N–H and O–H groups in total. The number of hydrogen-bond acceptors (Lipinski definition) is 4. The molecule has 0 unspecified atom stereocenters. The molecule has 26 heavy (non-hydrogen) atoms. The molecule has 5 nitrogen and oxygen atoms in total. The van der Waals surface area contributed by atoms with E-state index in [9.17, 15) is 4.79 Å². The minimum atomic E-state index is -0.134. The molecule has 0 bridgehead atoms. The fraction of sp³-hybridized carbons (Fsp3) is 0.190. The fourth-order valence-corrected chi connectivity index (χ4v) is 3.29. The van der Waals surface area contributed by atoms with Crippen molar-refractivity contribution < 1.29 is 9.21 Å². The van der Waals surface area contributed by atoms with E-state index in [1.54, 1.807) is 6.92 Å². The van der Waals surface area contributed by atoms with E-state index in [1.807, 2.05) is 48.5 Å². The van der Waals surface area contributed by atoms with Gasteiger partial charge in [-0.25, -0.2) is 4.98 Å². The first-order valence-electron chi connectivity index (χ1n) is 8.75. The molecule has 2 heterocycles. The molecule has 0 atom stereocenters. The van der Waals surface area contributed by atoms with Crippen molar-refractivity contribution in [3.8, 4) is 0 Å². The molecule has 1 aliphatic rings. The van der Waals surface area contributed by atoms with Crippen molar-refractivity contribution in [2.45, 2.75) is 25.7 Å². The van der Waals surface area contributed by atoms with Gasteiger partial charge in [-0.3, -0.25) is 9.78 Å². The van der Waals surface area contributed by atoms with Gasteiger partial charge in [0.25, 0.3) is 5.91 Å². The summed E-state index contributed by atoms with van der Waals surface area (Å²) >= 11 is 0. The topological polar surface area (TPSA) is 68.0 Å². The first kappa shape index (κ1) is 15.1. The summed E-state index contributed by atoms with van der Waals surface area (Å²) in [5.74, 6) is 0.961. The molecule has 1 saturated carbocycles. The van der Waals surface area contributed by atoms with Gasteiger partial charge in [-0.15, -0.1) is 0 Å². The first-order chi connectivity index (χ1) is 12.7. The number of fused-ring (bicyclic) bond motifs is 2. The highest BCUT2D eigenvalue weighted by Gasteiger charge is 2.27. The third-order valence-corrected chi connectivity index (χ3v) is 4.73. The van der Waals surface area contributed by atoms with Crippen LogP contribution in [-0.4, -0.2) is 15.9 Å². The van der Waals surface area contributed by atoms with Gasteiger partial charge in [0.1, 0.15) is 5.52 Å². The molecule has 4 aromatic rings. The largest absolute Gasteiger partial charge is 0.441 e. The zero-order valence-corrected chi connectivity index (χ0v) is 14.3. The van der Waals surface area contributed by atoms with Gasteiger partial charge in [0, 0.05) is 29.6 Å². The number of aryl methyl sites for hydroxylation is 1. The summed E-state index contributed by atoms with van der Waals surface area (Å²) < 4.78 is 5.49. The highest BCUT2D eigenvalue weighted by Crippen LogP contribution is 2.40. The molecule has 1 aliphatic carbocycles. The summed E-state index contributed by atoms with van der Waals surface area (Å²) in [5.41, 5.74) is 4.68. The van der Waals surface area contributed by atoms with E-state index in [-0.39, 0.29) is 5.91 Å². The number of rotatable bonds is 3. The maximum atomic E-state index is 13.0. The van der Waals surface area contributed by atoms with Crippen LogP contribution in [-0.2, 0) is 0 Å². The van der Waals surface area contributed by atoms with Gasteiger partial charge in [0.15, 0.2) is 11.5 Å². The Labute approximate surface area is 150 Å². The van der Waals surface area contributed by atoms with Crippen molar-refractivity contribution in [2.24, 2.45) is 0 Å². The molecule has 1 amide bonds. The minimum absolute atomic E-state index is 0.134. The van der Waals surface area contributed by atoms with Crippen LogP contribution in [0, 0.1) is 6.92 Å². The molecule has 2 aromatic heterocycles. The molecule has 5 rings (SSSR count). The van der Waals surface area contributed by atoms with Crippen LogP contribution in [0.2, 0.25) is 0 Å². The van der Waals surface area contributed by atoms with Crippen LogP contribution >= 0.6 is 0 Å². The van der Waals surface area contributed by atoms with E-state index >= 15 is 0 Å². The van der Waals surface area contributed by atoms with Gasteiger partial charge >= 0.3 is 0 Å². The molecule has 5 heteroatoms. The Hall–Kier alpha value is -3.21. The van der Waals surface area contributed by atoms with Crippen LogP contribution in [0.5, 0.6) is 0 Å². The summed E-state index contributed by atoms with van der Waals surface area (Å²) in [6, 6.07) is 15.2. The van der Waals surface area contributed by atoms with Crippen LogP contribution in [0.3, 0.4) is 0 Å². The van der Waals surface area contributed by atoms with Crippen molar-refractivity contribution in [1.29, 1.82) is 0 Å². The van der Waals surface area contributed by atoms with Crippen molar-refractivity contribution >= 4 is 33.6 Å². The number of hydrogen-bond donors (Lipinski definition) is 1. The summed E-state index contributed by atoms with van der Waals surface area (Å²) in [4.78, 5) is 22.0. The number of anilines is 1. The monoisotopic (exact) mass is 343 g/mol. The maximum Gasteiger partial charge on any atom is 0.256 e. The van der Waals surface area contributed by atoms with E-state index in [0.29, 0.717) is 28.6 Å². The molecule has 1 fully saturated rings. The molecule has 0 radical (unpaired) electrons. The second-order valence-corrected chi connectivity index (χ2v) is 6.76. The van der Waals surface area contributed by atoms with E-state index in [2.05, 4.69) is 10.3 Å². The quantitative estimate of drug-likeness (QED) is 0.579. The average Bonchev–Trinajstić information content (AvgIpc) is 3.42. The van der Waals surface area contributed by atoms with Crippen molar-refractivity contribution in [3.05, 3.63) is 65.7 Å². The van der Waals surface area contributed by atoms with Gasteiger partial charge in [-0.2, -0.15) is 0 Å². The highest BCUT2D eigenvalue weighted by atomic mass is 16.3. The third kappa shape index (κ3) is 2.62. The molecule has 0 aliphatic heterocycles. The third-order valence-electron chi connectivity index (χ3n) is 4.73. The van der Waals surface area contributed by atoms with E-state index in [1.165, 1.54) is 0 Å². The summed E-state index contributed by atoms with van der Waals surface area (Å²) in [5, 5.41) is 3.86. The molecule has 2 aromatic carbocycles. The number of carbonyl (C=O) groups is 1. The number of aromatic nitrogens is 2. The highest BCUT2D eigenvalue weighted by molar-refractivity contribution is 6.12.